The number of aryl methyl sites for hydroxylation is 1. The zero-order valence-electron chi connectivity index (χ0n) is 20.5. The van der Waals surface area contributed by atoms with E-state index in [4.69, 9.17) is 14.5 Å². The fourth-order valence-corrected chi connectivity index (χ4v) is 3.99. The predicted octanol–water partition coefficient (Wildman–Crippen LogP) is 2.24. The molecule has 10 nitrogen and oxygen atoms in total. The minimum Gasteiger partial charge on any atom is -0.462 e. The predicted molar refractivity (Wildman–Crippen MR) is 123 cm³/mol. The molecule has 1 aromatic heterocycles. The Kier molecular flexibility index (Phi) is 8.96. The topological polar surface area (TPSA) is 107 Å². The zero-order chi connectivity index (χ0) is 24.0. The lowest BCUT2D eigenvalue weighted by Gasteiger charge is -2.35. The summed E-state index contributed by atoms with van der Waals surface area (Å²) in [5, 5.41) is 6.10. The number of nitrogens with one attached hydrogen (secondary N) is 2. The van der Waals surface area contributed by atoms with Crippen LogP contribution < -0.4 is 15.4 Å². The Morgan fingerprint density at radius 1 is 1.36 bits per heavy atom. The van der Waals surface area contributed by atoms with Crippen molar-refractivity contribution >= 4 is 12.0 Å². The van der Waals surface area contributed by atoms with Crippen LogP contribution in [0.3, 0.4) is 0 Å². The number of ether oxygens (including phenoxy) is 3. The molecule has 1 aliphatic heterocycles. The van der Waals surface area contributed by atoms with Gasteiger partial charge in [0.25, 0.3) is 11.9 Å². The van der Waals surface area contributed by atoms with E-state index >= 15 is 0 Å². The van der Waals surface area contributed by atoms with Crippen LogP contribution in [-0.2, 0) is 20.8 Å². The van der Waals surface area contributed by atoms with Crippen LogP contribution in [0, 0.1) is 0 Å². The molecule has 0 spiro atoms. The molecule has 186 valence electrons. The van der Waals surface area contributed by atoms with Gasteiger partial charge in [-0.05, 0) is 46.5 Å². The smallest absolute Gasteiger partial charge is 0.406 e. The number of methoxy groups -OCH3 is 1. The molecule has 10 heteroatoms. The van der Waals surface area contributed by atoms with Crippen LogP contribution >= 0.6 is 0 Å². The van der Waals surface area contributed by atoms with E-state index in [9.17, 15) is 9.59 Å². The number of aromatic nitrogens is 2. The molecule has 3 atom stereocenters. The van der Waals surface area contributed by atoms with Gasteiger partial charge in [0, 0.05) is 37.9 Å². The summed E-state index contributed by atoms with van der Waals surface area (Å²) in [6.07, 6.45) is 4.69. The number of hydrogen-bond acceptors (Lipinski definition) is 7. The molecule has 1 saturated carbocycles. The second kappa shape index (κ2) is 11.7. The van der Waals surface area contributed by atoms with Gasteiger partial charge in [0.05, 0.1) is 31.6 Å². The number of hydrogen-bond donors (Lipinski definition) is 2. The Balaban J connectivity index is 1.70. The van der Waals surface area contributed by atoms with Crippen molar-refractivity contribution in [2.75, 3.05) is 26.8 Å². The molecule has 0 unspecified atom stereocenters. The fourth-order valence-electron chi connectivity index (χ4n) is 3.99. The van der Waals surface area contributed by atoms with Gasteiger partial charge >= 0.3 is 6.09 Å². The third-order valence-electron chi connectivity index (χ3n) is 6.03. The highest BCUT2D eigenvalue weighted by Gasteiger charge is 2.41. The molecule has 0 aromatic carbocycles. The average Bonchev–Trinajstić information content (AvgIpc) is 3.56. The van der Waals surface area contributed by atoms with Gasteiger partial charge < -0.3 is 34.3 Å². The summed E-state index contributed by atoms with van der Waals surface area (Å²) in [7, 11) is 1.34. The summed E-state index contributed by atoms with van der Waals surface area (Å²) in [6.45, 7) is 10.2. The first-order valence-corrected chi connectivity index (χ1v) is 12.1. The van der Waals surface area contributed by atoms with Crippen molar-refractivity contribution in [2.45, 2.75) is 90.3 Å². The first-order chi connectivity index (χ1) is 15.8. The maximum atomic E-state index is 13.4. The summed E-state index contributed by atoms with van der Waals surface area (Å²) in [5.41, 5.74) is 0.794. The number of alkyl carbamates (subject to hydrolysis) is 1. The van der Waals surface area contributed by atoms with Crippen LogP contribution in [0.15, 0.2) is 6.20 Å². The highest BCUT2D eigenvalue weighted by Crippen LogP contribution is 2.35. The number of imidazole rings is 1. The monoisotopic (exact) mass is 465 g/mol. The van der Waals surface area contributed by atoms with E-state index in [1.807, 2.05) is 36.4 Å². The maximum Gasteiger partial charge on any atom is 0.406 e. The van der Waals surface area contributed by atoms with Crippen LogP contribution in [0.1, 0.15) is 65.1 Å². The van der Waals surface area contributed by atoms with Crippen LogP contribution in [-0.4, -0.2) is 77.5 Å². The lowest BCUT2D eigenvalue weighted by Crippen LogP contribution is -2.53. The van der Waals surface area contributed by atoms with Crippen molar-refractivity contribution in [3.63, 3.8) is 0 Å². The summed E-state index contributed by atoms with van der Waals surface area (Å²) in [5.74, 6) is 0.0233. The Hall–Kier alpha value is -2.33. The molecule has 1 aromatic rings. The van der Waals surface area contributed by atoms with E-state index < -0.39 is 12.2 Å². The van der Waals surface area contributed by atoms with Gasteiger partial charge in [-0.25, -0.2) is 4.79 Å². The molecule has 0 radical (unpaired) electrons. The minimum absolute atomic E-state index is 0.0233. The van der Waals surface area contributed by atoms with Gasteiger partial charge in [0.15, 0.2) is 0 Å². The van der Waals surface area contributed by atoms with Crippen molar-refractivity contribution in [1.29, 1.82) is 0 Å². The molecule has 2 heterocycles. The lowest BCUT2D eigenvalue weighted by molar-refractivity contribution is -0.149. The number of rotatable bonds is 11. The quantitative estimate of drug-likeness (QED) is 0.483. The van der Waals surface area contributed by atoms with E-state index in [-0.39, 0.29) is 24.1 Å². The highest BCUT2D eigenvalue weighted by molar-refractivity contribution is 5.82. The lowest BCUT2D eigenvalue weighted by atomic mass is 10.1. The van der Waals surface area contributed by atoms with Crippen molar-refractivity contribution < 1.29 is 23.8 Å². The molecule has 0 bridgehead atoms. The number of morpholine rings is 1. The molecule has 1 saturated heterocycles. The fraction of sp³-hybridized carbons (Fsp3) is 0.783. The first kappa shape index (κ1) is 25.3. The van der Waals surface area contributed by atoms with Crippen LogP contribution in [0.2, 0.25) is 0 Å². The van der Waals surface area contributed by atoms with E-state index in [0.29, 0.717) is 44.7 Å². The average molecular weight is 466 g/mol. The molecule has 2 N–H and O–H groups in total. The van der Waals surface area contributed by atoms with Crippen LogP contribution in [0.4, 0.5) is 4.79 Å². The molecule has 2 aliphatic rings. The van der Waals surface area contributed by atoms with Gasteiger partial charge in [-0.2, -0.15) is 4.98 Å². The van der Waals surface area contributed by atoms with E-state index in [0.717, 1.165) is 25.0 Å². The third-order valence-corrected chi connectivity index (χ3v) is 6.03. The number of carbonyl (C=O) groups excluding carboxylic acids is 2. The van der Waals surface area contributed by atoms with Gasteiger partial charge in [-0.15, -0.1) is 0 Å². The number of nitrogens with zero attached hydrogens (tertiary/aromatic N) is 3. The van der Waals surface area contributed by atoms with Crippen molar-refractivity contribution in [2.24, 2.45) is 0 Å². The molecule has 2 fully saturated rings. The Labute approximate surface area is 196 Å². The molecular weight excluding hydrogens is 426 g/mol. The molecule has 3 rings (SSSR count). The van der Waals surface area contributed by atoms with E-state index in [1.54, 1.807) is 0 Å². The summed E-state index contributed by atoms with van der Waals surface area (Å²) in [4.78, 5) is 31.4. The van der Waals surface area contributed by atoms with Gasteiger partial charge in [-0.1, -0.05) is 6.92 Å². The zero-order valence-corrected chi connectivity index (χ0v) is 20.5. The van der Waals surface area contributed by atoms with E-state index in [1.165, 1.54) is 7.11 Å². The van der Waals surface area contributed by atoms with Gasteiger partial charge in [-0.3, -0.25) is 4.79 Å². The maximum absolute atomic E-state index is 13.4. The second-order valence-corrected chi connectivity index (χ2v) is 9.07. The van der Waals surface area contributed by atoms with Crippen molar-refractivity contribution in [3.05, 3.63) is 11.9 Å². The van der Waals surface area contributed by atoms with E-state index in [2.05, 4.69) is 22.3 Å². The molecular formula is C23H39N5O5. The molecule has 1 aliphatic carbocycles. The standard InChI is InChI=1S/C23H39N5O5/c1-6-17-14-32-20(12-25-17)21(29)28(18-8-9-18)16(4)19-13-27(22(26-19)33-15(2)3)11-7-10-24-23(30)31-5/h13,15-18,20,25H,6-12,14H2,1-5H3,(H,24,30)/t16-,17-,20+/m0/s1. The Bertz CT molecular complexity index is 786. The minimum atomic E-state index is -0.464. The first-order valence-electron chi connectivity index (χ1n) is 12.1. The second-order valence-electron chi connectivity index (χ2n) is 9.07. The van der Waals surface area contributed by atoms with Crippen molar-refractivity contribution in [3.8, 4) is 6.01 Å². The largest absolute Gasteiger partial charge is 0.462 e. The summed E-state index contributed by atoms with van der Waals surface area (Å²) in [6, 6.07) is 0.862. The molecule has 2 amide bonds. The van der Waals surface area contributed by atoms with Crippen LogP contribution in [0.5, 0.6) is 6.01 Å². The normalized spacial score (nSPS) is 21.5. The number of carbonyl (C=O) groups is 2. The SMILES string of the molecule is CC[C@H]1CO[C@@H](C(=O)N(C2CC2)[C@@H](C)c2cn(CCCNC(=O)OC)c(OC(C)C)n2)CN1. The van der Waals surface area contributed by atoms with Crippen LogP contribution in [0.25, 0.3) is 0 Å². The Morgan fingerprint density at radius 2 is 2.12 bits per heavy atom. The highest BCUT2D eigenvalue weighted by atomic mass is 16.5. The van der Waals surface area contributed by atoms with Gasteiger partial charge in [0.1, 0.15) is 6.10 Å². The number of amides is 2. The summed E-state index contributed by atoms with van der Waals surface area (Å²) >= 11 is 0. The van der Waals surface area contributed by atoms with Crippen molar-refractivity contribution in [1.82, 2.24) is 25.1 Å². The van der Waals surface area contributed by atoms with Gasteiger partial charge in [0.2, 0.25) is 0 Å². The summed E-state index contributed by atoms with van der Waals surface area (Å²) < 4.78 is 18.4. The molecule has 33 heavy (non-hydrogen) atoms. The Morgan fingerprint density at radius 3 is 2.70 bits per heavy atom. The third kappa shape index (κ3) is 6.83.